The van der Waals surface area contributed by atoms with Gasteiger partial charge in [0.15, 0.2) is 6.61 Å². The van der Waals surface area contributed by atoms with Gasteiger partial charge in [0.25, 0.3) is 0 Å². The Hall–Kier alpha value is -2.81. The topological polar surface area (TPSA) is 81.7 Å². The number of rotatable bonds is 7. The maximum atomic E-state index is 11.7. The molecule has 0 aliphatic carbocycles. The standard InChI is InChI=1S/C16H17NO5/c1-3-11-22-15(19)6-4-5-14(18)17-13-9-7-12(8-10-13)16(20)21-2/h1,7-10H,4-6,11H2,2H3,(H,17,18). The molecule has 0 spiro atoms. The van der Waals surface area contributed by atoms with Crippen molar-refractivity contribution in [3.63, 3.8) is 0 Å². The fourth-order valence-corrected chi connectivity index (χ4v) is 1.62. The van der Waals surface area contributed by atoms with Crippen LogP contribution in [0, 0.1) is 12.3 Å². The summed E-state index contributed by atoms with van der Waals surface area (Å²) in [5.41, 5.74) is 0.962. The van der Waals surface area contributed by atoms with Crippen LogP contribution in [-0.2, 0) is 19.1 Å². The molecular weight excluding hydrogens is 286 g/mol. The normalized spacial score (nSPS) is 9.45. The molecular formula is C16H17NO5. The summed E-state index contributed by atoms with van der Waals surface area (Å²) in [5, 5.41) is 2.67. The Bertz CT molecular complexity index is 571. The first-order valence-electron chi connectivity index (χ1n) is 6.64. The lowest BCUT2D eigenvalue weighted by Gasteiger charge is -2.06. The molecule has 0 saturated heterocycles. The second-order valence-corrected chi connectivity index (χ2v) is 4.34. The van der Waals surface area contributed by atoms with Crippen molar-refractivity contribution in [2.24, 2.45) is 0 Å². The number of carbonyl (C=O) groups is 3. The van der Waals surface area contributed by atoms with Crippen molar-refractivity contribution in [3.05, 3.63) is 29.8 Å². The second-order valence-electron chi connectivity index (χ2n) is 4.34. The predicted octanol–water partition coefficient (Wildman–Crippen LogP) is 1.76. The van der Waals surface area contributed by atoms with Crippen molar-refractivity contribution >= 4 is 23.5 Å². The molecule has 0 aromatic heterocycles. The number of benzene rings is 1. The fourth-order valence-electron chi connectivity index (χ4n) is 1.62. The second kappa shape index (κ2) is 9.19. The molecule has 1 aromatic carbocycles. The minimum atomic E-state index is -0.441. The highest BCUT2D eigenvalue weighted by atomic mass is 16.5. The summed E-state index contributed by atoms with van der Waals surface area (Å²) >= 11 is 0. The fraction of sp³-hybridized carbons (Fsp3) is 0.312. The molecule has 116 valence electrons. The van der Waals surface area contributed by atoms with Crippen LogP contribution in [0.15, 0.2) is 24.3 Å². The minimum Gasteiger partial charge on any atom is -0.465 e. The van der Waals surface area contributed by atoms with Crippen LogP contribution in [0.3, 0.4) is 0 Å². The van der Waals surface area contributed by atoms with Crippen LogP contribution in [0.2, 0.25) is 0 Å². The van der Waals surface area contributed by atoms with Gasteiger partial charge in [0.2, 0.25) is 5.91 Å². The van der Waals surface area contributed by atoms with E-state index in [4.69, 9.17) is 6.42 Å². The first kappa shape index (κ1) is 17.2. The Morgan fingerprint density at radius 2 is 1.86 bits per heavy atom. The Balaban J connectivity index is 2.35. The van der Waals surface area contributed by atoms with Crippen molar-refractivity contribution in [1.82, 2.24) is 0 Å². The van der Waals surface area contributed by atoms with Crippen LogP contribution in [0.5, 0.6) is 0 Å². The summed E-state index contributed by atoms with van der Waals surface area (Å²) in [6.45, 7) is -0.0580. The van der Waals surface area contributed by atoms with E-state index in [-0.39, 0.29) is 25.4 Å². The zero-order valence-electron chi connectivity index (χ0n) is 12.3. The van der Waals surface area contributed by atoms with Crippen molar-refractivity contribution < 1.29 is 23.9 Å². The number of ether oxygens (including phenoxy) is 2. The number of terminal acetylenes is 1. The van der Waals surface area contributed by atoms with Crippen LogP contribution in [0.4, 0.5) is 5.69 Å². The average Bonchev–Trinajstić information content (AvgIpc) is 2.52. The van der Waals surface area contributed by atoms with Gasteiger partial charge in [-0.15, -0.1) is 6.42 Å². The molecule has 0 saturated carbocycles. The van der Waals surface area contributed by atoms with Gasteiger partial charge in [-0.2, -0.15) is 0 Å². The van der Waals surface area contributed by atoms with Crippen LogP contribution in [-0.4, -0.2) is 31.6 Å². The molecule has 0 aliphatic rings. The molecule has 0 bridgehead atoms. The number of nitrogens with one attached hydrogen (secondary N) is 1. The van der Waals surface area contributed by atoms with Crippen LogP contribution < -0.4 is 5.32 Å². The lowest BCUT2D eigenvalue weighted by molar-refractivity contribution is -0.142. The lowest BCUT2D eigenvalue weighted by atomic mass is 10.2. The number of hydrogen-bond donors (Lipinski definition) is 1. The SMILES string of the molecule is C#CCOC(=O)CCCC(=O)Nc1ccc(C(=O)OC)cc1. The van der Waals surface area contributed by atoms with Crippen molar-refractivity contribution in [2.45, 2.75) is 19.3 Å². The monoisotopic (exact) mass is 303 g/mol. The first-order valence-corrected chi connectivity index (χ1v) is 6.64. The molecule has 1 rings (SSSR count). The van der Waals surface area contributed by atoms with Gasteiger partial charge in [0.05, 0.1) is 12.7 Å². The summed E-state index contributed by atoms with van der Waals surface area (Å²) in [6.07, 6.45) is 5.65. The maximum Gasteiger partial charge on any atom is 0.337 e. The highest BCUT2D eigenvalue weighted by Crippen LogP contribution is 2.11. The highest BCUT2D eigenvalue weighted by Gasteiger charge is 2.08. The zero-order chi connectivity index (χ0) is 16.4. The van der Waals surface area contributed by atoms with Crippen LogP contribution in [0.25, 0.3) is 0 Å². The van der Waals surface area contributed by atoms with E-state index in [1.807, 2.05) is 0 Å². The van der Waals surface area contributed by atoms with E-state index in [9.17, 15) is 14.4 Å². The van der Waals surface area contributed by atoms with E-state index in [1.54, 1.807) is 24.3 Å². The summed E-state index contributed by atoms with van der Waals surface area (Å²) in [7, 11) is 1.30. The van der Waals surface area contributed by atoms with Gasteiger partial charge >= 0.3 is 11.9 Å². The average molecular weight is 303 g/mol. The third-order valence-electron chi connectivity index (χ3n) is 2.69. The van der Waals surface area contributed by atoms with Crippen molar-refractivity contribution in [2.75, 3.05) is 19.0 Å². The molecule has 0 aliphatic heterocycles. The van der Waals surface area contributed by atoms with Crippen LogP contribution >= 0.6 is 0 Å². The van der Waals surface area contributed by atoms with E-state index in [2.05, 4.69) is 20.7 Å². The molecule has 22 heavy (non-hydrogen) atoms. The number of hydrogen-bond acceptors (Lipinski definition) is 5. The molecule has 0 atom stereocenters. The summed E-state index contributed by atoms with van der Waals surface area (Å²) in [4.78, 5) is 34.1. The van der Waals surface area contributed by atoms with E-state index >= 15 is 0 Å². The molecule has 6 heteroatoms. The summed E-state index contributed by atoms with van der Waals surface area (Å²) in [6, 6.07) is 6.31. The first-order chi connectivity index (χ1) is 10.6. The largest absolute Gasteiger partial charge is 0.465 e. The third-order valence-corrected chi connectivity index (χ3v) is 2.69. The van der Waals surface area contributed by atoms with Gasteiger partial charge in [-0.3, -0.25) is 9.59 Å². The number of carbonyl (C=O) groups excluding carboxylic acids is 3. The van der Waals surface area contributed by atoms with Crippen LogP contribution in [0.1, 0.15) is 29.6 Å². The maximum absolute atomic E-state index is 11.7. The molecule has 6 nitrogen and oxygen atoms in total. The molecule has 0 radical (unpaired) electrons. The highest BCUT2D eigenvalue weighted by molar-refractivity contribution is 5.93. The van der Waals surface area contributed by atoms with E-state index in [0.29, 0.717) is 17.7 Å². The number of esters is 2. The molecule has 0 unspecified atom stereocenters. The zero-order valence-corrected chi connectivity index (χ0v) is 12.3. The molecule has 1 N–H and O–H groups in total. The Morgan fingerprint density at radius 1 is 1.18 bits per heavy atom. The molecule has 0 fully saturated rings. The Morgan fingerprint density at radius 3 is 2.45 bits per heavy atom. The Labute approximate surface area is 128 Å². The quantitative estimate of drug-likeness (QED) is 0.613. The molecule has 1 aromatic rings. The van der Waals surface area contributed by atoms with E-state index < -0.39 is 11.9 Å². The van der Waals surface area contributed by atoms with Gasteiger partial charge in [-0.25, -0.2) is 4.79 Å². The number of anilines is 1. The predicted molar refractivity (Wildman–Crippen MR) is 80.1 cm³/mol. The van der Waals surface area contributed by atoms with Crippen molar-refractivity contribution in [1.29, 1.82) is 0 Å². The van der Waals surface area contributed by atoms with Gasteiger partial charge in [-0.05, 0) is 30.7 Å². The number of amides is 1. The minimum absolute atomic E-state index is 0.0580. The van der Waals surface area contributed by atoms with Gasteiger partial charge < -0.3 is 14.8 Å². The third kappa shape index (κ3) is 6.09. The van der Waals surface area contributed by atoms with E-state index in [1.165, 1.54) is 7.11 Å². The molecule has 0 heterocycles. The number of methoxy groups -OCH3 is 1. The van der Waals surface area contributed by atoms with Gasteiger partial charge in [0, 0.05) is 18.5 Å². The van der Waals surface area contributed by atoms with Crippen molar-refractivity contribution in [3.8, 4) is 12.3 Å². The summed E-state index contributed by atoms with van der Waals surface area (Å²) in [5.74, 6) is 1.10. The smallest absolute Gasteiger partial charge is 0.337 e. The van der Waals surface area contributed by atoms with Gasteiger partial charge in [-0.1, -0.05) is 5.92 Å². The summed E-state index contributed by atoms with van der Waals surface area (Å²) < 4.78 is 9.27. The van der Waals surface area contributed by atoms with Gasteiger partial charge in [0.1, 0.15) is 0 Å². The lowest BCUT2D eigenvalue weighted by Crippen LogP contribution is -2.13. The molecule has 1 amide bonds. The Kier molecular flexibility index (Phi) is 7.20. The van der Waals surface area contributed by atoms with E-state index in [0.717, 1.165) is 0 Å².